The van der Waals surface area contributed by atoms with E-state index in [1.54, 1.807) is 4.90 Å². The quantitative estimate of drug-likeness (QED) is 0.646. The fourth-order valence-corrected chi connectivity index (χ4v) is 3.81. The molecule has 3 aromatic rings. The van der Waals surface area contributed by atoms with Crippen molar-refractivity contribution in [1.82, 2.24) is 14.9 Å². The van der Waals surface area contributed by atoms with Crippen molar-refractivity contribution >= 4 is 34.2 Å². The molecule has 1 aliphatic heterocycles. The highest BCUT2D eigenvalue weighted by molar-refractivity contribution is 6.30. The van der Waals surface area contributed by atoms with Gasteiger partial charge in [0.25, 0.3) is 0 Å². The number of rotatable bonds is 3. The summed E-state index contributed by atoms with van der Waals surface area (Å²) in [6, 6.07) is 10.1. The van der Waals surface area contributed by atoms with E-state index in [0.29, 0.717) is 38.4 Å². The van der Waals surface area contributed by atoms with Gasteiger partial charge in [-0.3, -0.25) is 4.79 Å². The summed E-state index contributed by atoms with van der Waals surface area (Å²) >= 11 is 5.71. The summed E-state index contributed by atoms with van der Waals surface area (Å²) in [6.45, 7) is 1.91. The maximum Gasteiger partial charge on any atom is 0.419 e. The van der Waals surface area contributed by atoms with Gasteiger partial charge >= 0.3 is 6.18 Å². The van der Waals surface area contributed by atoms with Crippen LogP contribution in [0, 0.1) is 0 Å². The minimum atomic E-state index is -4.53. The van der Waals surface area contributed by atoms with E-state index < -0.39 is 16.9 Å². The Labute approximate surface area is 170 Å². The molecule has 0 aliphatic carbocycles. The summed E-state index contributed by atoms with van der Waals surface area (Å²) < 4.78 is 38.5. The summed E-state index contributed by atoms with van der Waals surface area (Å²) in [5.74, 6) is 0.402. The van der Waals surface area contributed by atoms with E-state index in [1.165, 1.54) is 6.07 Å². The highest BCUT2D eigenvalue weighted by Crippen LogP contribution is 2.34. The first-order valence-corrected chi connectivity index (χ1v) is 9.52. The van der Waals surface area contributed by atoms with Crippen LogP contribution >= 0.6 is 11.6 Å². The lowest BCUT2D eigenvalue weighted by atomic mass is 10.1. The Morgan fingerprint density at radius 1 is 1.10 bits per heavy atom. The molecule has 0 unspecified atom stereocenters. The van der Waals surface area contributed by atoms with Crippen molar-refractivity contribution in [3.8, 4) is 0 Å². The van der Waals surface area contributed by atoms with Gasteiger partial charge in [0.05, 0.1) is 12.0 Å². The van der Waals surface area contributed by atoms with Crippen molar-refractivity contribution in [2.45, 2.75) is 12.6 Å². The summed E-state index contributed by atoms with van der Waals surface area (Å²) in [4.78, 5) is 23.4. The van der Waals surface area contributed by atoms with Crippen LogP contribution in [0.4, 0.5) is 19.0 Å². The predicted molar refractivity (Wildman–Crippen MR) is 105 cm³/mol. The van der Waals surface area contributed by atoms with Crippen molar-refractivity contribution in [3.05, 3.63) is 58.9 Å². The Morgan fingerprint density at radius 3 is 2.52 bits per heavy atom. The summed E-state index contributed by atoms with van der Waals surface area (Å²) in [5, 5.41) is 0.468. The standard InChI is InChI=1S/C20H18ClF3N4O/c21-19-15(20(22,23)24)5-6-17(26-19)27-7-9-28(10-8-27)18(29)11-13-12-25-16-4-2-1-3-14(13)16/h1-6,12,25H,7-11H2. The molecule has 1 amide bonds. The molecule has 9 heteroatoms. The number of amides is 1. The van der Waals surface area contributed by atoms with Crippen LogP contribution in [0.2, 0.25) is 5.15 Å². The molecule has 5 nitrogen and oxygen atoms in total. The number of hydrogen-bond donors (Lipinski definition) is 1. The second-order valence-corrected chi connectivity index (χ2v) is 7.27. The molecule has 29 heavy (non-hydrogen) atoms. The third-order valence-electron chi connectivity index (χ3n) is 5.11. The maximum atomic E-state index is 12.8. The number of benzene rings is 1. The van der Waals surface area contributed by atoms with E-state index in [1.807, 2.05) is 35.4 Å². The lowest BCUT2D eigenvalue weighted by Gasteiger charge is -2.35. The fourth-order valence-electron chi connectivity index (χ4n) is 3.55. The second kappa shape index (κ2) is 7.59. The van der Waals surface area contributed by atoms with Gasteiger partial charge in [-0.05, 0) is 23.8 Å². The number of aromatic nitrogens is 2. The molecule has 0 atom stereocenters. The SMILES string of the molecule is O=C(Cc1c[nH]c2ccccc12)N1CCN(c2ccc(C(F)(F)F)c(Cl)n2)CC1. The van der Waals surface area contributed by atoms with E-state index in [2.05, 4.69) is 9.97 Å². The number of carbonyl (C=O) groups is 1. The molecule has 0 spiro atoms. The third kappa shape index (κ3) is 4.03. The van der Waals surface area contributed by atoms with E-state index in [-0.39, 0.29) is 5.91 Å². The molecule has 1 N–H and O–H groups in total. The molecule has 0 radical (unpaired) electrons. The molecule has 1 fully saturated rings. The van der Waals surface area contributed by atoms with E-state index in [9.17, 15) is 18.0 Å². The first-order chi connectivity index (χ1) is 13.8. The Hall–Kier alpha value is -2.74. The number of nitrogens with one attached hydrogen (secondary N) is 1. The number of pyridine rings is 1. The zero-order valence-electron chi connectivity index (χ0n) is 15.3. The van der Waals surface area contributed by atoms with Crippen LogP contribution in [-0.4, -0.2) is 47.0 Å². The highest BCUT2D eigenvalue weighted by atomic mass is 35.5. The van der Waals surface area contributed by atoms with Gasteiger partial charge in [0.15, 0.2) is 0 Å². The van der Waals surface area contributed by atoms with Gasteiger partial charge < -0.3 is 14.8 Å². The van der Waals surface area contributed by atoms with Crippen molar-refractivity contribution < 1.29 is 18.0 Å². The number of hydrogen-bond acceptors (Lipinski definition) is 3. The zero-order valence-corrected chi connectivity index (χ0v) is 16.1. The van der Waals surface area contributed by atoms with Crippen molar-refractivity contribution in [2.75, 3.05) is 31.1 Å². The largest absolute Gasteiger partial charge is 0.419 e. The van der Waals surface area contributed by atoms with Gasteiger partial charge in [-0.2, -0.15) is 13.2 Å². The number of aromatic amines is 1. The van der Waals surface area contributed by atoms with Gasteiger partial charge in [0.2, 0.25) is 5.91 Å². The number of anilines is 1. The van der Waals surface area contributed by atoms with Crippen molar-refractivity contribution in [3.63, 3.8) is 0 Å². The molecule has 2 aromatic heterocycles. The molecule has 1 saturated heterocycles. The molecule has 152 valence electrons. The van der Waals surface area contributed by atoms with Crippen LogP contribution in [0.15, 0.2) is 42.6 Å². The second-order valence-electron chi connectivity index (χ2n) is 6.91. The van der Waals surface area contributed by atoms with Gasteiger partial charge in [0, 0.05) is 43.3 Å². The number of piperazine rings is 1. The lowest BCUT2D eigenvalue weighted by Crippen LogP contribution is -2.49. The van der Waals surface area contributed by atoms with Gasteiger partial charge in [-0.1, -0.05) is 29.8 Å². The van der Waals surface area contributed by atoms with Gasteiger partial charge in [-0.25, -0.2) is 4.98 Å². The molecule has 1 aliphatic rings. The fraction of sp³-hybridized carbons (Fsp3) is 0.300. The number of carbonyl (C=O) groups excluding carboxylic acids is 1. The van der Waals surface area contributed by atoms with Crippen molar-refractivity contribution in [2.24, 2.45) is 0 Å². The van der Waals surface area contributed by atoms with E-state index in [0.717, 1.165) is 22.5 Å². The average Bonchev–Trinajstić information content (AvgIpc) is 3.10. The molecule has 3 heterocycles. The van der Waals surface area contributed by atoms with E-state index in [4.69, 9.17) is 11.6 Å². The first-order valence-electron chi connectivity index (χ1n) is 9.14. The Bertz CT molecular complexity index is 1040. The van der Waals surface area contributed by atoms with Crippen LogP contribution < -0.4 is 4.90 Å². The Morgan fingerprint density at radius 2 is 1.83 bits per heavy atom. The van der Waals surface area contributed by atoms with Crippen LogP contribution in [0.5, 0.6) is 0 Å². The molecular formula is C20H18ClF3N4O. The average molecular weight is 423 g/mol. The van der Waals surface area contributed by atoms with Gasteiger partial charge in [-0.15, -0.1) is 0 Å². The number of para-hydroxylation sites is 1. The van der Waals surface area contributed by atoms with Gasteiger partial charge in [0.1, 0.15) is 11.0 Å². The molecule has 0 saturated carbocycles. The van der Waals surface area contributed by atoms with Crippen LogP contribution in [0.1, 0.15) is 11.1 Å². The summed E-state index contributed by atoms with van der Waals surface area (Å²) in [7, 11) is 0. The van der Waals surface area contributed by atoms with E-state index >= 15 is 0 Å². The number of nitrogens with zero attached hydrogens (tertiary/aromatic N) is 3. The van der Waals surface area contributed by atoms with Crippen LogP contribution in [0.25, 0.3) is 10.9 Å². The Kier molecular flexibility index (Phi) is 5.12. The molecule has 4 rings (SSSR count). The topological polar surface area (TPSA) is 52.2 Å². The maximum absolute atomic E-state index is 12.8. The lowest BCUT2D eigenvalue weighted by molar-refractivity contribution is -0.137. The predicted octanol–water partition coefficient (Wildman–Crippen LogP) is 4.13. The molecule has 1 aromatic carbocycles. The molecular weight excluding hydrogens is 405 g/mol. The molecule has 0 bridgehead atoms. The third-order valence-corrected chi connectivity index (χ3v) is 5.40. The smallest absolute Gasteiger partial charge is 0.361 e. The highest BCUT2D eigenvalue weighted by Gasteiger charge is 2.34. The minimum Gasteiger partial charge on any atom is -0.361 e. The van der Waals surface area contributed by atoms with Crippen molar-refractivity contribution in [1.29, 1.82) is 0 Å². The number of fused-ring (bicyclic) bond motifs is 1. The zero-order chi connectivity index (χ0) is 20.6. The summed E-state index contributed by atoms with van der Waals surface area (Å²) in [5.41, 5.74) is 0.991. The number of halogens is 4. The number of H-pyrrole nitrogens is 1. The monoisotopic (exact) mass is 422 g/mol. The number of alkyl halides is 3. The first kappa shape index (κ1) is 19.6. The normalized spacial score (nSPS) is 15.2. The summed E-state index contributed by atoms with van der Waals surface area (Å²) in [6.07, 6.45) is -2.38. The Balaban J connectivity index is 1.39. The minimum absolute atomic E-state index is 0.0211. The van der Waals surface area contributed by atoms with Crippen LogP contribution in [-0.2, 0) is 17.4 Å². The van der Waals surface area contributed by atoms with Crippen LogP contribution in [0.3, 0.4) is 0 Å².